The lowest BCUT2D eigenvalue weighted by molar-refractivity contribution is -0.120. The zero-order valence-electron chi connectivity index (χ0n) is 24.2. The van der Waals surface area contributed by atoms with Crippen molar-refractivity contribution >= 4 is 17.3 Å². The van der Waals surface area contributed by atoms with Crippen molar-refractivity contribution in [3.63, 3.8) is 0 Å². The highest BCUT2D eigenvalue weighted by Crippen LogP contribution is 2.75. The third kappa shape index (κ3) is 6.12. The highest BCUT2D eigenvalue weighted by atomic mass is 16.1. The number of rotatable bonds is 6. The molecule has 0 saturated heterocycles. The molecule has 1 aliphatic heterocycles. The van der Waals surface area contributed by atoms with E-state index in [2.05, 4.69) is 82.3 Å². The zero-order valence-corrected chi connectivity index (χ0v) is 24.2. The number of amidine groups is 1. The number of allylic oxidation sites excluding steroid dienone is 1. The molecule has 1 unspecified atom stereocenters. The Kier molecular flexibility index (Phi) is 9.24. The van der Waals surface area contributed by atoms with Crippen molar-refractivity contribution in [2.24, 2.45) is 28.2 Å². The van der Waals surface area contributed by atoms with Gasteiger partial charge in [0.25, 0.3) is 0 Å². The minimum atomic E-state index is 0.181. The average Bonchev–Trinajstić information content (AvgIpc) is 3.73. The van der Waals surface area contributed by atoms with Crippen molar-refractivity contribution in [1.82, 2.24) is 10.2 Å². The molecule has 0 amide bonds. The van der Waals surface area contributed by atoms with Crippen LogP contribution >= 0.6 is 0 Å². The van der Waals surface area contributed by atoms with E-state index < -0.39 is 0 Å². The van der Waals surface area contributed by atoms with Gasteiger partial charge >= 0.3 is 0 Å². The van der Waals surface area contributed by atoms with E-state index in [1.54, 1.807) is 6.92 Å². The summed E-state index contributed by atoms with van der Waals surface area (Å²) in [7, 11) is 2.13. The van der Waals surface area contributed by atoms with Crippen LogP contribution in [0.2, 0.25) is 0 Å². The SMILES string of the molecule is CC.CC(=O)C12CC1C2.CC/C(C)=C/N(C)C1=NC(C2CC(CC)C2)NC(c2ccc(C)cc2)=C1C. The van der Waals surface area contributed by atoms with E-state index in [0.717, 1.165) is 24.1 Å². The number of aliphatic imine (C=N–C) groups is 1. The molecule has 198 valence electrons. The van der Waals surface area contributed by atoms with Crippen molar-refractivity contribution in [3.05, 3.63) is 52.7 Å². The molecule has 4 nitrogen and oxygen atoms in total. The Bertz CT molecular complexity index is 1000. The molecule has 5 rings (SSSR count). The summed E-state index contributed by atoms with van der Waals surface area (Å²) in [6.07, 6.45) is 9.77. The predicted molar refractivity (Wildman–Crippen MR) is 154 cm³/mol. The second kappa shape index (κ2) is 11.8. The molecule has 3 saturated carbocycles. The highest BCUT2D eigenvalue weighted by molar-refractivity contribution is 6.05. The Morgan fingerprint density at radius 1 is 1.11 bits per heavy atom. The average molecular weight is 492 g/mol. The van der Waals surface area contributed by atoms with Crippen LogP contribution in [0.4, 0.5) is 0 Å². The molecular formula is C32H49N3O. The number of Topliss-reactive ketones (excluding diaryl/α,β-unsaturated/α-hetero) is 1. The van der Waals surface area contributed by atoms with Gasteiger partial charge in [-0.15, -0.1) is 0 Å². The number of fused-ring (bicyclic) bond motifs is 1. The maximum absolute atomic E-state index is 10.6. The van der Waals surface area contributed by atoms with Gasteiger partial charge in [0.05, 0.1) is 0 Å². The second-order valence-electron chi connectivity index (χ2n) is 11.2. The molecule has 1 N–H and O–H groups in total. The zero-order chi connectivity index (χ0) is 26.6. The van der Waals surface area contributed by atoms with Gasteiger partial charge in [-0.25, -0.2) is 4.99 Å². The quantitative estimate of drug-likeness (QED) is 0.442. The van der Waals surface area contributed by atoms with Gasteiger partial charge in [0.15, 0.2) is 0 Å². The lowest BCUT2D eigenvalue weighted by Gasteiger charge is -2.42. The van der Waals surface area contributed by atoms with Gasteiger partial charge in [-0.1, -0.05) is 69.5 Å². The van der Waals surface area contributed by atoms with Crippen LogP contribution in [0.5, 0.6) is 0 Å². The molecule has 1 aromatic rings. The first kappa shape index (κ1) is 28.2. The molecule has 1 aromatic carbocycles. The number of aryl methyl sites for hydroxylation is 1. The van der Waals surface area contributed by atoms with Gasteiger partial charge in [0, 0.05) is 35.9 Å². The Labute approximate surface area is 220 Å². The monoisotopic (exact) mass is 491 g/mol. The topological polar surface area (TPSA) is 44.7 Å². The number of benzene rings is 1. The fourth-order valence-electron chi connectivity index (χ4n) is 5.37. The molecule has 0 bridgehead atoms. The van der Waals surface area contributed by atoms with Crippen molar-refractivity contribution in [1.29, 1.82) is 0 Å². The standard InChI is InChI=1S/C24H35N3.C6H8O.C2H6/c1-7-16(3)15-27(6)24-18(5)22(20-11-9-17(4)10-12-20)25-23(26-24)21-13-19(8-2)14-21;1-4(7)6-2-5(6)3-6;1-2/h9-12,15,19,21,23,25H,7-8,13-14H2,1-6H3;5H,2-3H2,1H3;1-2H3/b16-15+;;. The van der Waals surface area contributed by atoms with E-state index in [0.29, 0.717) is 11.7 Å². The number of hydrogen-bond donors (Lipinski definition) is 1. The lowest BCUT2D eigenvalue weighted by Crippen LogP contribution is -2.45. The molecule has 1 heterocycles. The van der Waals surface area contributed by atoms with Crippen LogP contribution in [0.1, 0.15) is 98.1 Å². The molecule has 0 radical (unpaired) electrons. The van der Waals surface area contributed by atoms with Crippen LogP contribution in [-0.2, 0) is 4.79 Å². The largest absolute Gasteiger partial charge is 0.363 e. The molecule has 4 heteroatoms. The van der Waals surface area contributed by atoms with Gasteiger partial charge in [-0.05, 0) is 77.2 Å². The number of nitrogens with one attached hydrogen (secondary N) is 1. The summed E-state index contributed by atoms with van der Waals surface area (Å²) in [4.78, 5) is 17.9. The number of nitrogens with zero attached hydrogens (tertiary/aromatic N) is 2. The molecule has 4 aliphatic rings. The summed E-state index contributed by atoms with van der Waals surface area (Å²) < 4.78 is 0. The normalized spacial score (nSPS) is 29.7. The number of carbonyl (C=O) groups is 1. The molecule has 0 spiro atoms. The molecule has 1 atom stereocenters. The van der Waals surface area contributed by atoms with Crippen LogP contribution in [0.15, 0.2) is 46.6 Å². The smallest absolute Gasteiger partial charge is 0.136 e. The van der Waals surface area contributed by atoms with Crippen molar-refractivity contribution in [2.45, 2.75) is 100 Å². The van der Waals surface area contributed by atoms with E-state index in [-0.39, 0.29) is 11.6 Å². The summed E-state index contributed by atoms with van der Waals surface area (Å²) in [6.45, 7) is 16.7. The molecule has 3 aliphatic carbocycles. The highest BCUT2D eigenvalue weighted by Gasteiger charge is 2.72. The van der Waals surface area contributed by atoms with Gasteiger partial charge in [0.1, 0.15) is 17.8 Å². The van der Waals surface area contributed by atoms with Gasteiger partial charge < -0.3 is 10.2 Å². The third-order valence-corrected chi connectivity index (χ3v) is 8.59. The molecule has 3 fully saturated rings. The fraction of sp³-hybridized carbons (Fsp3) is 0.625. The second-order valence-corrected chi connectivity index (χ2v) is 11.2. The maximum atomic E-state index is 10.6. The predicted octanol–water partition coefficient (Wildman–Crippen LogP) is 7.75. The molecule has 36 heavy (non-hydrogen) atoms. The molecule has 0 aromatic heterocycles. The number of ketones is 1. The number of hydrogen-bond acceptors (Lipinski definition) is 4. The first-order valence-electron chi connectivity index (χ1n) is 14.2. The maximum Gasteiger partial charge on any atom is 0.136 e. The molecular weight excluding hydrogens is 442 g/mol. The van der Waals surface area contributed by atoms with E-state index in [4.69, 9.17) is 4.99 Å². The van der Waals surface area contributed by atoms with Crippen LogP contribution in [0, 0.1) is 30.1 Å². The Hall–Kier alpha value is -2.36. The van der Waals surface area contributed by atoms with E-state index in [1.807, 2.05) is 13.8 Å². The number of likely N-dealkylation sites (N-methyl/N-ethyl adjacent to an activating group) is 1. The Balaban J connectivity index is 0.000000335. The summed E-state index contributed by atoms with van der Waals surface area (Å²) in [5.74, 6) is 3.89. The minimum absolute atomic E-state index is 0.181. The summed E-state index contributed by atoms with van der Waals surface area (Å²) >= 11 is 0. The van der Waals surface area contributed by atoms with Crippen molar-refractivity contribution < 1.29 is 4.79 Å². The lowest BCUT2D eigenvalue weighted by atomic mass is 9.71. The first-order chi connectivity index (χ1) is 17.2. The third-order valence-electron chi connectivity index (χ3n) is 8.59. The Morgan fingerprint density at radius 2 is 1.69 bits per heavy atom. The van der Waals surface area contributed by atoms with Crippen LogP contribution in [-0.4, -0.2) is 29.7 Å². The van der Waals surface area contributed by atoms with Crippen molar-refractivity contribution in [3.8, 4) is 0 Å². The minimum Gasteiger partial charge on any atom is -0.363 e. The van der Waals surface area contributed by atoms with Gasteiger partial charge in [0.2, 0.25) is 0 Å². The summed E-state index contributed by atoms with van der Waals surface area (Å²) in [6, 6.07) is 8.84. The van der Waals surface area contributed by atoms with Crippen LogP contribution < -0.4 is 5.32 Å². The summed E-state index contributed by atoms with van der Waals surface area (Å²) in [5, 5.41) is 3.78. The van der Waals surface area contributed by atoms with Crippen molar-refractivity contribution in [2.75, 3.05) is 7.05 Å². The summed E-state index contributed by atoms with van der Waals surface area (Å²) in [5.41, 5.74) is 6.66. The van der Waals surface area contributed by atoms with Crippen LogP contribution in [0.3, 0.4) is 0 Å². The van der Waals surface area contributed by atoms with E-state index in [9.17, 15) is 4.79 Å². The van der Waals surface area contributed by atoms with Gasteiger partial charge in [-0.2, -0.15) is 0 Å². The van der Waals surface area contributed by atoms with Crippen LogP contribution in [0.25, 0.3) is 5.70 Å². The Morgan fingerprint density at radius 3 is 2.14 bits per heavy atom. The van der Waals surface area contributed by atoms with Gasteiger partial charge in [-0.3, -0.25) is 4.79 Å². The van der Waals surface area contributed by atoms with E-state index >= 15 is 0 Å². The first-order valence-corrected chi connectivity index (χ1v) is 14.2. The number of carbonyl (C=O) groups excluding carboxylic acids is 1. The fourth-order valence-corrected chi connectivity index (χ4v) is 5.37. The van der Waals surface area contributed by atoms with E-state index in [1.165, 1.54) is 60.1 Å².